The molecule has 10 nitrogen and oxygen atoms in total. The van der Waals surface area contributed by atoms with E-state index in [0.717, 1.165) is 46.7 Å². The lowest BCUT2D eigenvalue weighted by atomic mass is 10.1. The van der Waals surface area contributed by atoms with Gasteiger partial charge in [0.1, 0.15) is 6.10 Å². The number of pyridine rings is 1. The molecule has 0 aliphatic carbocycles. The summed E-state index contributed by atoms with van der Waals surface area (Å²) in [6.07, 6.45) is 8.88. The van der Waals surface area contributed by atoms with E-state index in [4.69, 9.17) is 4.74 Å². The van der Waals surface area contributed by atoms with Crippen molar-refractivity contribution in [3.05, 3.63) is 54.4 Å². The molecule has 172 valence electrons. The molecule has 10 heteroatoms. The standard InChI is InChI=1S/C23H28N8O2/c1-16-20(12-25-28(16)4)17(2)33-23(32)30-9-7-29(8-10-30)22-13-26-31-15-18(5-6-21(22)31)19-11-24-27(3)14-19/h5-6,11-15,17H,7-10H2,1-4H3. The third-order valence-corrected chi connectivity index (χ3v) is 6.40. The zero-order valence-electron chi connectivity index (χ0n) is 19.3. The first-order valence-corrected chi connectivity index (χ1v) is 11.1. The molecule has 1 aliphatic heterocycles. The Morgan fingerprint density at radius 3 is 2.42 bits per heavy atom. The van der Waals surface area contributed by atoms with Crippen LogP contribution in [-0.4, -0.2) is 66.3 Å². The Morgan fingerprint density at radius 2 is 1.76 bits per heavy atom. The van der Waals surface area contributed by atoms with E-state index in [0.29, 0.717) is 13.1 Å². The Labute approximate surface area is 192 Å². The number of carbonyl (C=O) groups is 1. The van der Waals surface area contributed by atoms with Crippen LogP contribution in [0, 0.1) is 6.92 Å². The topological polar surface area (TPSA) is 85.7 Å². The van der Waals surface area contributed by atoms with E-state index in [1.165, 1.54) is 0 Å². The molecular weight excluding hydrogens is 420 g/mol. The van der Waals surface area contributed by atoms with Crippen molar-refractivity contribution in [2.24, 2.45) is 14.1 Å². The lowest BCUT2D eigenvalue weighted by molar-refractivity contribution is 0.0678. The minimum absolute atomic E-state index is 0.286. The summed E-state index contributed by atoms with van der Waals surface area (Å²) in [5.74, 6) is 0. The second kappa shape index (κ2) is 8.27. The second-order valence-electron chi connectivity index (χ2n) is 8.49. The summed E-state index contributed by atoms with van der Waals surface area (Å²) in [5, 5.41) is 13.0. The number of aromatic nitrogens is 6. The van der Waals surface area contributed by atoms with Crippen LogP contribution in [0.15, 0.2) is 43.1 Å². The maximum absolute atomic E-state index is 12.7. The highest BCUT2D eigenvalue weighted by atomic mass is 16.6. The van der Waals surface area contributed by atoms with Gasteiger partial charge in [-0.1, -0.05) is 6.07 Å². The first-order chi connectivity index (χ1) is 15.9. The van der Waals surface area contributed by atoms with Crippen LogP contribution in [0.4, 0.5) is 10.5 Å². The Balaban J connectivity index is 1.23. The zero-order valence-corrected chi connectivity index (χ0v) is 19.3. The van der Waals surface area contributed by atoms with Gasteiger partial charge in [0, 0.05) is 75.1 Å². The predicted octanol–water partition coefficient (Wildman–Crippen LogP) is 2.80. The number of aryl methyl sites for hydroxylation is 2. The lowest BCUT2D eigenvalue weighted by Crippen LogP contribution is -2.49. The van der Waals surface area contributed by atoms with Gasteiger partial charge in [-0.25, -0.2) is 9.31 Å². The van der Waals surface area contributed by atoms with Crippen LogP contribution >= 0.6 is 0 Å². The molecule has 1 aliphatic rings. The average Bonchev–Trinajstić information content (AvgIpc) is 3.52. The van der Waals surface area contributed by atoms with Crippen molar-refractivity contribution in [2.45, 2.75) is 20.0 Å². The first-order valence-electron chi connectivity index (χ1n) is 11.1. The average molecular weight is 449 g/mol. The number of amides is 1. The molecular formula is C23H28N8O2. The Kier molecular flexibility index (Phi) is 5.27. The molecule has 0 N–H and O–H groups in total. The monoisotopic (exact) mass is 448 g/mol. The molecule has 0 bridgehead atoms. The molecule has 1 amide bonds. The quantitative estimate of drug-likeness (QED) is 0.477. The summed E-state index contributed by atoms with van der Waals surface area (Å²) < 4.78 is 11.2. The van der Waals surface area contributed by atoms with Gasteiger partial charge in [0.2, 0.25) is 0 Å². The van der Waals surface area contributed by atoms with Crippen LogP contribution in [0.5, 0.6) is 0 Å². The zero-order chi connectivity index (χ0) is 23.1. The van der Waals surface area contributed by atoms with Gasteiger partial charge in [-0.05, 0) is 19.9 Å². The van der Waals surface area contributed by atoms with Crippen LogP contribution < -0.4 is 4.90 Å². The van der Waals surface area contributed by atoms with Crippen molar-refractivity contribution in [1.29, 1.82) is 0 Å². The number of hydrogen-bond acceptors (Lipinski definition) is 6. The Hall–Kier alpha value is -3.82. The van der Waals surface area contributed by atoms with E-state index >= 15 is 0 Å². The molecule has 0 radical (unpaired) electrons. The van der Waals surface area contributed by atoms with Gasteiger partial charge in [0.05, 0.1) is 29.8 Å². The lowest BCUT2D eigenvalue weighted by Gasteiger charge is -2.35. The third kappa shape index (κ3) is 3.92. The van der Waals surface area contributed by atoms with Crippen molar-refractivity contribution < 1.29 is 9.53 Å². The SMILES string of the molecule is Cc1c(C(C)OC(=O)N2CCN(c3cnn4cc(-c5cnn(C)c5)ccc34)CC2)cnn1C. The van der Waals surface area contributed by atoms with Crippen molar-refractivity contribution >= 4 is 17.3 Å². The van der Waals surface area contributed by atoms with E-state index in [1.807, 2.05) is 57.2 Å². The van der Waals surface area contributed by atoms with Gasteiger partial charge in [-0.15, -0.1) is 0 Å². The minimum Gasteiger partial charge on any atom is -0.441 e. The summed E-state index contributed by atoms with van der Waals surface area (Å²) >= 11 is 0. The fourth-order valence-electron chi connectivity index (χ4n) is 4.29. The molecule has 0 saturated carbocycles. The number of piperazine rings is 1. The number of rotatable bonds is 4. The largest absolute Gasteiger partial charge is 0.441 e. The summed E-state index contributed by atoms with van der Waals surface area (Å²) in [4.78, 5) is 16.8. The maximum Gasteiger partial charge on any atom is 0.410 e. The third-order valence-electron chi connectivity index (χ3n) is 6.40. The van der Waals surface area contributed by atoms with Gasteiger partial charge in [0.25, 0.3) is 0 Å². The molecule has 1 atom stereocenters. The maximum atomic E-state index is 12.7. The number of nitrogens with zero attached hydrogens (tertiary/aromatic N) is 8. The Bertz CT molecular complexity index is 1300. The van der Waals surface area contributed by atoms with E-state index in [9.17, 15) is 4.79 Å². The van der Waals surface area contributed by atoms with E-state index in [-0.39, 0.29) is 12.2 Å². The highest BCUT2D eigenvalue weighted by molar-refractivity contribution is 5.76. The smallest absolute Gasteiger partial charge is 0.410 e. The highest BCUT2D eigenvalue weighted by Crippen LogP contribution is 2.27. The fourth-order valence-corrected chi connectivity index (χ4v) is 4.29. The summed E-state index contributed by atoms with van der Waals surface area (Å²) in [5.41, 5.74) is 6.16. The van der Waals surface area contributed by atoms with Crippen molar-refractivity contribution in [1.82, 2.24) is 34.1 Å². The number of hydrogen-bond donors (Lipinski definition) is 0. The highest BCUT2D eigenvalue weighted by Gasteiger charge is 2.26. The number of carbonyl (C=O) groups excluding carboxylic acids is 1. The fraction of sp³-hybridized carbons (Fsp3) is 0.391. The van der Waals surface area contributed by atoms with Gasteiger partial charge in [0.15, 0.2) is 0 Å². The molecule has 1 saturated heterocycles. The van der Waals surface area contributed by atoms with Gasteiger partial charge >= 0.3 is 6.09 Å². The van der Waals surface area contributed by atoms with Gasteiger partial charge < -0.3 is 14.5 Å². The van der Waals surface area contributed by atoms with Crippen molar-refractivity contribution in [3.8, 4) is 11.1 Å². The van der Waals surface area contributed by atoms with E-state index in [1.54, 1.807) is 20.5 Å². The van der Waals surface area contributed by atoms with Crippen LogP contribution in [0.2, 0.25) is 0 Å². The van der Waals surface area contributed by atoms with E-state index in [2.05, 4.69) is 32.3 Å². The van der Waals surface area contributed by atoms with Crippen molar-refractivity contribution in [2.75, 3.05) is 31.1 Å². The van der Waals surface area contributed by atoms with Crippen LogP contribution in [0.25, 0.3) is 16.6 Å². The number of ether oxygens (including phenoxy) is 1. The Morgan fingerprint density at radius 1 is 0.970 bits per heavy atom. The molecule has 5 heterocycles. The minimum atomic E-state index is -0.335. The molecule has 33 heavy (non-hydrogen) atoms. The number of anilines is 1. The normalized spacial score (nSPS) is 15.3. The molecule has 4 aromatic rings. The van der Waals surface area contributed by atoms with Crippen LogP contribution in [0.1, 0.15) is 24.3 Å². The molecule has 5 rings (SSSR count). The molecule has 1 fully saturated rings. The summed E-state index contributed by atoms with van der Waals surface area (Å²) in [6, 6.07) is 4.18. The summed E-state index contributed by atoms with van der Waals surface area (Å²) in [6.45, 7) is 6.51. The van der Waals surface area contributed by atoms with E-state index < -0.39 is 0 Å². The van der Waals surface area contributed by atoms with Gasteiger partial charge in [-0.2, -0.15) is 15.3 Å². The van der Waals surface area contributed by atoms with Crippen LogP contribution in [-0.2, 0) is 18.8 Å². The van der Waals surface area contributed by atoms with Crippen molar-refractivity contribution in [3.63, 3.8) is 0 Å². The number of fused-ring (bicyclic) bond motifs is 1. The first kappa shape index (κ1) is 21.0. The van der Waals surface area contributed by atoms with Crippen LogP contribution in [0.3, 0.4) is 0 Å². The second-order valence-corrected chi connectivity index (χ2v) is 8.49. The van der Waals surface area contributed by atoms with Gasteiger partial charge in [-0.3, -0.25) is 9.36 Å². The molecule has 4 aromatic heterocycles. The predicted molar refractivity (Wildman–Crippen MR) is 124 cm³/mol. The molecule has 1 unspecified atom stereocenters. The summed E-state index contributed by atoms with van der Waals surface area (Å²) in [7, 11) is 3.79. The molecule has 0 aromatic carbocycles. The molecule has 0 spiro atoms.